The van der Waals surface area contributed by atoms with Gasteiger partial charge in [0, 0.05) is 31.8 Å². The number of carbonyl (C=O) groups is 2. The van der Waals surface area contributed by atoms with Crippen LogP contribution in [0.2, 0.25) is 0 Å². The van der Waals surface area contributed by atoms with Crippen molar-refractivity contribution in [3.8, 4) is 0 Å². The van der Waals surface area contributed by atoms with E-state index in [-0.39, 0.29) is 12.5 Å². The van der Waals surface area contributed by atoms with E-state index in [4.69, 9.17) is 15.3 Å². The lowest BCUT2D eigenvalue weighted by Crippen LogP contribution is -2.39. The maximum absolute atomic E-state index is 11.6. The van der Waals surface area contributed by atoms with Crippen LogP contribution in [0.1, 0.15) is 0 Å². The van der Waals surface area contributed by atoms with Crippen LogP contribution >= 0.6 is 11.8 Å². The van der Waals surface area contributed by atoms with Gasteiger partial charge in [-0.15, -0.1) is 11.8 Å². The number of nitrogens with two attached hydrogens (primary N) is 1. The zero-order chi connectivity index (χ0) is 17.3. The van der Waals surface area contributed by atoms with Crippen LogP contribution < -0.4 is 11.2 Å². The number of nitrogens with zero attached hydrogens (tertiary/aromatic N) is 2. The quantitative estimate of drug-likeness (QED) is 0.113. The topological polar surface area (TPSA) is 106 Å². The van der Waals surface area contributed by atoms with E-state index >= 15 is 0 Å². The van der Waals surface area contributed by atoms with E-state index in [1.165, 1.54) is 23.0 Å². The molecule has 1 amide bonds. The molecule has 23 heavy (non-hydrogen) atoms. The summed E-state index contributed by atoms with van der Waals surface area (Å²) in [5.74, 6) is 5.99. The van der Waals surface area contributed by atoms with Gasteiger partial charge in [-0.3, -0.25) is 14.6 Å². The first kappa shape index (κ1) is 21.3. The standard InChI is InChI=1S/C14H24N4O4S/c1-16-10-13(12-19)23-9-3-5-18(15)11-14(20)17-4-6-22-8-7-21-2/h3,5,10,12H,1,4,6-9,11,15H2,2H3,(H,17,20)/b5-3-,13-10-. The maximum Gasteiger partial charge on any atom is 0.241 e. The molecule has 0 saturated heterocycles. The molecule has 0 atom stereocenters. The van der Waals surface area contributed by atoms with Gasteiger partial charge in [0.05, 0.1) is 24.7 Å². The Hall–Kier alpha value is -1.68. The number of hydrogen-bond donors (Lipinski definition) is 2. The number of hydrazine groups is 1. The Morgan fingerprint density at radius 2 is 2.22 bits per heavy atom. The lowest BCUT2D eigenvalue weighted by atomic mass is 10.5. The second kappa shape index (κ2) is 15.2. The van der Waals surface area contributed by atoms with Crippen LogP contribution in [0, 0.1) is 0 Å². The van der Waals surface area contributed by atoms with Crippen molar-refractivity contribution in [1.82, 2.24) is 10.3 Å². The molecule has 0 fully saturated rings. The van der Waals surface area contributed by atoms with E-state index in [0.29, 0.717) is 43.3 Å². The van der Waals surface area contributed by atoms with Gasteiger partial charge in [-0.2, -0.15) is 0 Å². The fourth-order valence-electron chi connectivity index (χ4n) is 1.30. The van der Waals surface area contributed by atoms with Crippen molar-refractivity contribution in [3.63, 3.8) is 0 Å². The number of ether oxygens (including phenoxy) is 2. The van der Waals surface area contributed by atoms with Crippen LogP contribution in [0.3, 0.4) is 0 Å². The predicted octanol–water partition coefficient (Wildman–Crippen LogP) is -0.0709. The van der Waals surface area contributed by atoms with E-state index in [1.807, 2.05) is 0 Å². The molecule has 3 N–H and O–H groups in total. The van der Waals surface area contributed by atoms with Gasteiger partial charge < -0.3 is 19.8 Å². The first-order chi connectivity index (χ1) is 11.1. The molecule has 0 aliphatic heterocycles. The van der Waals surface area contributed by atoms with Gasteiger partial charge in [-0.1, -0.05) is 6.08 Å². The minimum Gasteiger partial charge on any atom is -0.382 e. The van der Waals surface area contributed by atoms with Crippen molar-refractivity contribution >= 4 is 30.7 Å². The summed E-state index contributed by atoms with van der Waals surface area (Å²) in [6.45, 7) is 5.16. The first-order valence-corrected chi connectivity index (χ1v) is 7.88. The molecule has 130 valence electrons. The number of methoxy groups -OCH3 is 1. The summed E-state index contributed by atoms with van der Waals surface area (Å²) in [5, 5.41) is 3.95. The molecule has 0 aromatic rings. The zero-order valence-electron chi connectivity index (χ0n) is 13.3. The van der Waals surface area contributed by atoms with Crippen molar-refractivity contribution in [1.29, 1.82) is 0 Å². The SMILES string of the molecule is C=N/C=C(/C=O)SC/C=C\N(N)CC(=O)NCCOCCOC. The molecule has 0 saturated carbocycles. The van der Waals surface area contributed by atoms with Crippen LogP contribution in [0.25, 0.3) is 0 Å². The van der Waals surface area contributed by atoms with E-state index in [9.17, 15) is 9.59 Å². The van der Waals surface area contributed by atoms with Crippen molar-refractivity contribution in [2.75, 3.05) is 45.8 Å². The molecule has 0 rings (SSSR count). The second-order valence-corrected chi connectivity index (χ2v) is 5.25. The Balaban J connectivity index is 3.78. The Bertz CT molecular complexity index is 416. The number of rotatable bonds is 14. The van der Waals surface area contributed by atoms with Gasteiger partial charge in [0.15, 0.2) is 6.29 Å². The summed E-state index contributed by atoms with van der Waals surface area (Å²) >= 11 is 1.29. The molecule has 0 aliphatic rings. The van der Waals surface area contributed by atoms with Crippen molar-refractivity contribution in [3.05, 3.63) is 23.4 Å². The van der Waals surface area contributed by atoms with Crippen LogP contribution in [0.5, 0.6) is 0 Å². The first-order valence-electron chi connectivity index (χ1n) is 6.89. The third kappa shape index (κ3) is 13.7. The Morgan fingerprint density at radius 1 is 1.43 bits per heavy atom. The van der Waals surface area contributed by atoms with Crippen LogP contribution in [0.15, 0.2) is 28.4 Å². The largest absolute Gasteiger partial charge is 0.382 e. The molecule has 0 unspecified atom stereocenters. The number of thioether (sulfide) groups is 1. The highest BCUT2D eigenvalue weighted by molar-refractivity contribution is 8.04. The van der Waals surface area contributed by atoms with E-state index in [0.717, 1.165) is 0 Å². The minimum atomic E-state index is -0.204. The molecule has 9 heteroatoms. The summed E-state index contributed by atoms with van der Waals surface area (Å²) in [5.41, 5.74) is 0. The van der Waals surface area contributed by atoms with Gasteiger partial charge in [0.25, 0.3) is 0 Å². The van der Waals surface area contributed by atoms with Gasteiger partial charge >= 0.3 is 0 Å². The monoisotopic (exact) mass is 344 g/mol. The average Bonchev–Trinajstić information content (AvgIpc) is 2.53. The summed E-state index contributed by atoms with van der Waals surface area (Å²) in [4.78, 5) is 26.2. The highest BCUT2D eigenvalue weighted by Crippen LogP contribution is 2.12. The number of aliphatic imine (C=N–C) groups is 1. The van der Waals surface area contributed by atoms with E-state index in [1.54, 1.807) is 19.4 Å². The van der Waals surface area contributed by atoms with Crippen LogP contribution in [-0.2, 0) is 19.1 Å². The highest BCUT2D eigenvalue weighted by atomic mass is 32.2. The normalized spacial score (nSPS) is 11.5. The highest BCUT2D eigenvalue weighted by Gasteiger charge is 2.03. The molecular weight excluding hydrogens is 320 g/mol. The molecule has 8 nitrogen and oxygen atoms in total. The van der Waals surface area contributed by atoms with Gasteiger partial charge in [0.1, 0.15) is 6.54 Å². The molecule has 0 aromatic heterocycles. The number of carbonyl (C=O) groups excluding carboxylic acids is 2. The molecular formula is C14H24N4O4S. The molecule has 0 aliphatic carbocycles. The molecule has 0 aromatic carbocycles. The summed E-state index contributed by atoms with van der Waals surface area (Å²) < 4.78 is 10.0. The number of amides is 1. The third-order valence-corrected chi connectivity index (χ3v) is 3.20. The minimum absolute atomic E-state index is 0.0316. The lowest BCUT2D eigenvalue weighted by molar-refractivity contribution is -0.122. The van der Waals surface area contributed by atoms with Gasteiger partial charge in [0.2, 0.25) is 5.91 Å². The maximum atomic E-state index is 11.6. The third-order valence-electron chi connectivity index (χ3n) is 2.30. The van der Waals surface area contributed by atoms with Crippen LogP contribution in [0.4, 0.5) is 0 Å². The fourth-order valence-corrected chi connectivity index (χ4v) is 1.89. The van der Waals surface area contributed by atoms with E-state index < -0.39 is 0 Å². The average molecular weight is 344 g/mol. The van der Waals surface area contributed by atoms with Crippen molar-refractivity contribution in [2.24, 2.45) is 10.8 Å². The molecule has 0 bridgehead atoms. The summed E-state index contributed by atoms with van der Waals surface area (Å²) in [7, 11) is 1.60. The van der Waals surface area contributed by atoms with Crippen molar-refractivity contribution in [2.45, 2.75) is 0 Å². The number of allylic oxidation sites excluding steroid dienone is 1. The lowest BCUT2D eigenvalue weighted by Gasteiger charge is -2.13. The van der Waals surface area contributed by atoms with Gasteiger partial charge in [-0.25, -0.2) is 5.84 Å². The van der Waals surface area contributed by atoms with Crippen molar-refractivity contribution < 1.29 is 19.1 Å². The molecule has 0 heterocycles. The Morgan fingerprint density at radius 3 is 2.87 bits per heavy atom. The second-order valence-electron chi connectivity index (χ2n) is 4.16. The summed E-state index contributed by atoms with van der Waals surface area (Å²) in [6.07, 6.45) is 5.40. The van der Waals surface area contributed by atoms with Gasteiger partial charge in [-0.05, 0) is 6.72 Å². The molecule has 0 spiro atoms. The van der Waals surface area contributed by atoms with Crippen LogP contribution in [-0.4, -0.2) is 69.7 Å². The predicted molar refractivity (Wildman–Crippen MR) is 91.9 cm³/mol. The number of nitrogens with one attached hydrogen (secondary N) is 1. The van der Waals surface area contributed by atoms with E-state index in [2.05, 4.69) is 17.0 Å². The summed E-state index contributed by atoms with van der Waals surface area (Å²) in [6, 6.07) is 0. The Labute approximate surface area is 140 Å². The number of aldehydes is 1. The smallest absolute Gasteiger partial charge is 0.241 e. The molecule has 0 radical (unpaired) electrons. The zero-order valence-corrected chi connectivity index (χ0v) is 14.1. The fraction of sp³-hybridized carbons (Fsp3) is 0.500. The number of hydrogen-bond acceptors (Lipinski definition) is 8. The Kier molecular flexibility index (Phi) is 14.1.